The van der Waals surface area contributed by atoms with Crippen LogP contribution in [0.2, 0.25) is 0 Å². The van der Waals surface area contributed by atoms with Crippen LogP contribution in [0.25, 0.3) is 0 Å². The molecule has 0 N–H and O–H groups in total. The third kappa shape index (κ3) is 1.47. The highest BCUT2D eigenvalue weighted by atomic mass is 32.2. The molecule has 72 valence electrons. The topological polar surface area (TPSA) is 33.0 Å². The monoisotopic (exact) mass is 197 g/mol. The van der Waals surface area contributed by atoms with E-state index >= 15 is 0 Å². The Balaban J connectivity index is 1.95. The highest BCUT2D eigenvalue weighted by Gasteiger charge is 2.59. The quantitative estimate of drug-likeness (QED) is 0.680. The van der Waals surface area contributed by atoms with E-state index < -0.39 is 0 Å². The molecule has 2 fully saturated rings. The van der Waals surface area contributed by atoms with Crippen LogP contribution in [-0.4, -0.2) is 23.2 Å². The van der Waals surface area contributed by atoms with Gasteiger partial charge in [-0.25, -0.2) is 0 Å². The Kier molecular flexibility index (Phi) is 2.08. The van der Waals surface area contributed by atoms with Gasteiger partial charge in [-0.2, -0.15) is 5.26 Å². The summed E-state index contributed by atoms with van der Waals surface area (Å²) in [6, 6.07) is 2.48. The molecule has 2 aliphatic rings. The summed E-state index contributed by atoms with van der Waals surface area (Å²) in [5.74, 6) is 0. The van der Waals surface area contributed by atoms with Crippen molar-refractivity contribution in [2.45, 2.75) is 36.7 Å². The molecular weight excluding hydrogens is 182 g/mol. The second-order valence-corrected chi connectivity index (χ2v) is 6.58. The molecule has 1 spiro atoms. The zero-order chi connectivity index (χ0) is 9.53. The van der Waals surface area contributed by atoms with E-state index in [2.05, 4.69) is 19.9 Å². The Morgan fingerprint density at radius 2 is 2.00 bits per heavy atom. The van der Waals surface area contributed by atoms with E-state index in [1.165, 1.54) is 0 Å². The molecule has 0 aromatic carbocycles. The molecule has 1 heterocycles. The SMILES string of the molecule is CC(C)SC1(C#N)CC2(COC2)C1. The summed E-state index contributed by atoms with van der Waals surface area (Å²) in [4.78, 5) is 0. The van der Waals surface area contributed by atoms with E-state index in [9.17, 15) is 0 Å². The van der Waals surface area contributed by atoms with Crippen molar-refractivity contribution in [3.8, 4) is 6.07 Å². The molecule has 2 nitrogen and oxygen atoms in total. The molecule has 0 unspecified atom stereocenters. The summed E-state index contributed by atoms with van der Waals surface area (Å²) in [5, 5.41) is 9.68. The van der Waals surface area contributed by atoms with Crippen molar-refractivity contribution in [2.24, 2.45) is 5.41 Å². The fourth-order valence-electron chi connectivity index (χ4n) is 2.39. The maximum absolute atomic E-state index is 9.13. The van der Waals surface area contributed by atoms with Gasteiger partial charge in [0.25, 0.3) is 0 Å². The summed E-state index contributed by atoms with van der Waals surface area (Å²) < 4.78 is 5.12. The molecular formula is C10H15NOS. The van der Waals surface area contributed by atoms with Gasteiger partial charge in [-0.15, -0.1) is 11.8 Å². The van der Waals surface area contributed by atoms with Crippen LogP contribution in [0.5, 0.6) is 0 Å². The highest BCUT2D eigenvalue weighted by molar-refractivity contribution is 8.01. The smallest absolute Gasteiger partial charge is 0.104 e. The van der Waals surface area contributed by atoms with E-state index in [1.807, 2.05) is 11.8 Å². The summed E-state index contributed by atoms with van der Waals surface area (Å²) in [6.45, 7) is 6.09. The van der Waals surface area contributed by atoms with Crippen LogP contribution < -0.4 is 0 Å². The third-order valence-corrected chi connectivity index (χ3v) is 4.11. The number of nitrogens with zero attached hydrogens (tertiary/aromatic N) is 1. The normalized spacial score (nSPS) is 27.8. The first-order chi connectivity index (χ1) is 6.10. The molecule has 0 bridgehead atoms. The van der Waals surface area contributed by atoms with E-state index in [0.717, 1.165) is 26.1 Å². The van der Waals surface area contributed by atoms with Crippen molar-refractivity contribution in [2.75, 3.05) is 13.2 Å². The number of thioether (sulfide) groups is 1. The predicted molar refractivity (Wildman–Crippen MR) is 53.6 cm³/mol. The average molecular weight is 197 g/mol. The van der Waals surface area contributed by atoms with Gasteiger partial charge in [-0.3, -0.25) is 0 Å². The molecule has 1 aliphatic heterocycles. The molecule has 1 saturated carbocycles. The number of hydrogen-bond acceptors (Lipinski definition) is 3. The molecule has 1 saturated heterocycles. The summed E-state index contributed by atoms with van der Waals surface area (Å²) >= 11 is 1.82. The lowest BCUT2D eigenvalue weighted by molar-refractivity contribution is -0.161. The average Bonchev–Trinajstić information content (AvgIpc) is 1.91. The van der Waals surface area contributed by atoms with Crippen molar-refractivity contribution in [3.63, 3.8) is 0 Å². The van der Waals surface area contributed by atoms with Crippen molar-refractivity contribution >= 4 is 11.8 Å². The van der Waals surface area contributed by atoms with Crippen molar-refractivity contribution < 1.29 is 4.74 Å². The van der Waals surface area contributed by atoms with Gasteiger partial charge in [0.05, 0.1) is 19.3 Å². The lowest BCUT2D eigenvalue weighted by atomic mass is 9.60. The van der Waals surface area contributed by atoms with Crippen molar-refractivity contribution in [3.05, 3.63) is 0 Å². The molecule has 13 heavy (non-hydrogen) atoms. The Morgan fingerprint density at radius 1 is 1.38 bits per heavy atom. The number of rotatable bonds is 2. The van der Waals surface area contributed by atoms with Gasteiger partial charge in [-0.1, -0.05) is 13.8 Å². The second kappa shape index (κ2) is 2.90. The summed E-state index contributed by atoms with van der Waals surface area (Å²) in [7, 11) is 0. The maximum atomic E-state index is 9.13. The first kappa shape index (κ1) is 9.36. The fraction of sp³-hybridized carbons (Fsp3) is 0.900. The minimum Gasteiger partial charge on any atom is -0.380 e. The van der Waals surface area contributed by atoms with E-state index in [0.29, 0.717) is 10.7 Å². The van der Waals surface area contributed by atoms with Crippen LogP contribution in [0.3, 0.4) is 0 Å². The van der Waals surface area contributed by atoms with Crippen LogP contribution in [0.4, 0.5) is 0 Å². The minimum atomic E-state index is -0.0854. The van der Waals surface area contributed by atoms with Crippen molar-refractivity contribution in [1.82, 2.24) is 0 Å². The number of hydrogen-bond donors (Lipinski definition) is 0. The molecule has 2 rings (SSSR count). The van der Waals surface area contributed by atoms with Gasteiger partial charge < -0.3 is 4.74 Å². The van der Waals surface area contributed by atoms with Gasteiger partial charge in [0, 0.05) is 10.7 Å². The zero-order valence-electron chi connectivity index (χ0n) is 8.17. The molecule has 0 atom stereocenters. The number of ether oxygens (including phenoxy) is 1. The second-order valence-electron chi connectivity index (χ2n) is 4.62. The molecule has 0 radical (unpaired) electrons. The van der Waals surface area contributed by atoms with Crippen molar-refractivity contribution in [1.29, 1.82) is 5.26 Å². The third-order valence-electron chi connectivity index (χ3n) is 2.80. The largest absolute Gasteiger partial charge is 0.380 e. The predicted octanol–water partition coefficient (Wildman–Crippen LogP) is 2.20. The molecule has 3 heteroatoms. The van der Waals surface area contributed by atoms with Gasteiger partial charge in [0.2, 0.25) is 0 Å². The maximum Gasteiger partial charge on any atom is 0.104 e. The standard InChI is InChI=1S/C10H15NOS/c1-8(2)13-10(5-11)3-9(4-10)6-12-7-9/h8H,3-4,6-7H2,1-2H3. The Labute approximate surface area is 83.6 Å². The minimum absolute atomic E-state index is 0.0854. The Morgan fingerprint density at radius 3 is 2.31 bits per heavy atom. The lowest BCUT2D eigenvalue weighted by Gasteiger charge is -2.57. The van der Waals surface area contributed by atoms with Gasteiger partial charge >= 0.3 is 0 Å². The molecule has 1 aliphatic carbocycles. The first-order valence-electron chi connectivity index (χ1n) is 4.77. The highest BCUT2D eigenvalue weighted by Crippen LogP contribution is 2.59. The zero-order valence-corrected chi connectivity index (χ0v) is 8.99. The van der Waals surface area contributed by atoms with Crippen LogP contribution in [0.15, 0.2) is 0 Å². The first-order valence-corrected chi connectivity index (χ1v) is 5.65. The van der Waals surface area contributed by atoms with E-state index in [1.54, 1.807) is 0 Å². The Bertz CT molecular complexity index is 244. The summed E-state index contributed by atoms with van der Waals surface area (Å²) in [5.41, 5.74) is 0.400. The van der Waals surface area contributed by atoms with E-state index in [4.69, 9.17) is 10.00 Å². The Hall–Kier alpha value is -0.200. The molecule has 0 amide bonds. The van der Waals surface area contributed by atoms with Gasteiger partial charge in [0.15, 0.2) is 0 Å². The van der Waals surface area contributed by atoms with Crippen LogP contribution in [-0.2, 0) is 4.74 Å². The summed E-state index contributed by atoms with van der Waals surface area (Å²) in [6.07, 6.45) is 2.08. The van der Waals surface area contributed by atoms with Crippen LogP contribution >= 0.6 is 11.8 Å². The van der Waals surface area contributed by atoms with Crippen LogP contribution in [0.1, 0.15) is 26.7 Å². The van der Waals surface area contributed by atoms with Gasteiger partial charge in [-0.05, 0) is 12.8 Å². The van der Waals surface area contributed by atoms with E-state index in [-0.39, 0.29) is 4.75 Å². The fourth-order valence-corrected chi connectivity index (χ4v) is 4.13. The van der Waals surface area contributed by atoms with Crippen LogP contribution in [0, 0.1) is 16.7 Å². The number of nitriles is 1. The lowest BCUT2D eigenvalue weighted by Crippen LogP contribution is -2.59. The van der Waals surface area contributed by atoms with Gasteiger partial charge in [0.1, 0.15) is 4.75 Å². The molecule has 0 aromatic heterocycles. The molecule has 0 aromatic rings.